The van der Waals surface area contributed by atoms with Crippen LogP contribution in [0.5, 0.6) is 5.75 Å². The zero-order chi connectivity index (χ0) is 18.0. The van der Waals surface area contributed by atoms with E-state index in [0.29, 0.717) is 28.3 Å². The van der Waals surface area contributed by atoms with Crippen LogP contribution in [0, 0.1) is 28.1 Å². The van der Waals surface area contributed by atoms with E-state index < -0.39 is 5.54 Å². The van der Waals surface area contributed by atoms with Gasteiger partial charge in [-0.25, -0.2) is 0 Å². The molecule has 3 aliphatic rings. The Morgan fingerprint density at radius 1 is 1.44 bits per heavy atom. The summed E-state index contributed by atoms with van der Waals surface area (Å²) in [6.07, 6.45) is 2.95. The average Bonchev–Trinajstić information content (AvgIpc) is 3.02. The molecule has 0 aromatic heterocycles. The Bertz CT molecular complexity index is 807. The first-order valence-electron chi connectivity index (χ1n) is 8.57. The van der Waals surface area contributed by atoms with Crippen molar-refractivity contribution in [3.8, 4) is 11.8 Å². The Hall–Kier alpha value is -1.44. The fraction of sp³-hybridized carbons (Fsp3) is 0.579. The predicted octanol–water partition coefficient (Wildman–Crippen LogP) is 4.30. The molecule has 132 valence electrons. The highest BCUT2D eigenvalue weighted by Crippen LogP contribution is 2.75. The monoisotopic (exact) mass is 378 g/mol. The molecule has 0 spiro atoms. The van der Waals surface area contributed by atoms with Crippen molar-refractivity contribution in [1.82, 2.24) is 4.90 Å². The molecule has 1 heterocycles. The van der Waals surface area contributed by atoms with Crippen LogP contribution in [0.4, 0.5) is 0 Å². The van der Waals surface area contributed by atoms with Gasteiger partial charge in [0.05, 0.1) is 11.1 Å². The lowest BCUT2D eigenvalue weighted by molar-refractivity contribution is -0.139. The van der Waals surface area contributed by atoms with Crippen LogP contribution in [0.1, 0.15) is 33.1 Å². The molecule has 0 unspecified atom stereocenters. The molecule has 4 rings (SSSR count). The van der Waals surface area contributed by atoms with E-state index in [9.17, 15) is 10.1 Å². The number of rotatable bonds is 3. The number of nitriles is 1. The van der Waals surface area contributed by atoms with Gasteiger partial charge < -0.3 is 9.64 Å². The molecule has 2 aliphatic carbocycles. The molecular formula is C19H20Cl2N2O2. The van der Waals surface area contributed by atoms with Gasteiger partial charge in [-0.05, 0) is 48.8 Å². The summed E-state index contributed by atoms with van der Waals surface area (Å²) in [6.45, 7) is 4.95. The number of likely N-dealkylation sites (tertiary alicyclic amines) is 1. The van der Waals surface area contributed by atoms with Crippen LogP contribution < -0.4 is 4.74 Å². The Balaban J connectivity index is 1.55. The third-order valence-electron chi connectivity index (χ3n) is 7.29. The second-order valence-electron chi connectivity index (χ2n) is 8.00. The van der Waals surface area contributed by atoms with E-state index in [-0.39, 0.29) is 23.3 Å². The van der Waals surface area contributed by atoms with Crippen molar-refractivity contribution in [3.05, 3.63) is 28.2 Å². The molecule has 2 saturated carbocycles. The molecule has 1 saturated heterocycles. The molecule has 1 amide bonds. The first-order valence-corrected chi connectivity index (χ1v) is 9.33. The van der Waals surface area contributed by atoms with Crippen LogP contribution in [0.15, 0.2) is 18.2 Å². The summed E-state index contributed by atoms with van der Waals surface area (Å²) in [7, 11) is 0. The number of ether oxygens (including phenoxy) is 1. The maximum Gasteiger partial charge on any atom is 0.261 e. The number of nitrogens with zero attached hydrogens (tertiary/aromatic N) is 2. The fourth-order valence-corrected chi connectivity index (χ4v) is 6.08. The van der Waals surface area contributed by atoms with Gasteiger partial charge in [0.1, 0.15) is 11.3 Å². The van der Waals surface area contributed by atoms with Crippen molar-refractivity contribution in [1.29, 1.82) is 5.26 Å². The topological polar surface area (TPSA) is 53.3 Å². The molecule has 1 aliphatic heterocycles. The van der Waals surface area contributed by atoms with Gasteiger partial charge in [0.2, 0.25) is 0 Å². The largest absolute Gasteiger partial charge is 0.482 e. The molecule has 25 heavy (non-hydrogen) atoms. The van der Waals surface area contributed by atoms with Crippen molar-refractivity contribution in [2.24, 2.45) is 16.7 Å². The Morgan fingerprint density at radius 3 is 2.84 bits per heavy atom. The van der Waals surface area contributed by atoms with E-state index in [1.807, 2.05) is 0 Å². The number of benzene rings is 1. The molecular weight excluding hydrogens is 359 g/mol. The van der Waals surface area contributed by atoms with Crippen LogP contribution in [0.3, 0.4) is 0 Å². The van der Waals surface area contributed by atoms with Gasteiger partial charge in [0.25, 0.3) is 5.91 Å². The van der Waals surface area contributed by atoms with E-state index in [1.54, 1.807) is 23.1 Å². The third-order valence-corrected chi connectivity index (χ3v) is 7.82. The van der Waals surface area contributed by atoms with Crippen molar-refractivity contribution in [3.63, 3.8) is 0 Å². The highest BCUT2D eigenvalue weighted by Gasteiger charge is 2.78. The Morgan fingerprint density at radius 2 is 2.20 bits per heavy atom. The molecule has 0 N–H and O–H groups in total. The lowest BCUT2D eigenvalue weighted by atomic mass is 9.66. The predicted molar refractivity (Wildman–Crippen MR) is 95.6 cm³/mol. The highest BCUT2D eigenvalue weighted by atomic mass is 35.5. The molecule has 1 aromatic rings. The summed E-state index contributed by atoms with van der Waals surface area (Å²) in [5, 5.41) is 10.9. The molecule has 4 nitrogen and oxygen atoms in total. The summed E-state index contributed by atoms with van der Waals surface area (Å²) < 4.78 is 5.62. The summed E-state index contributed by atoms with van der Waals surface area (Å²) >= 11 is 12.0. The number of piperidine rings is 1. The number of amides is 1. The van der Waals surface area contributed by atoms with Gasteiger partial charge in [-0.3, -0.25) is 4.79 Å². The smallest absolute Gasteiger partial charge is 0.261 e. The highest BCUT2D eigenvalue weighted by molar-refractivity contribution is 6.35. The molecule has 3 fully saturated rings. The Kier molecular flexibility index (Phi) is 3.59. The maximum absolute atomic E-state index is 12.9. The van der Waals surface area contributed by atoms with Crippen molar-refractivity contribution >= 4 is 29.1 Å². The normalized spacial score (nSPS) is 38.0. The lowest BCUT2D eigenvalue weighted by Crippen LogP contribution is -2.55. The van der Waals surface area contributed by atoms with Crippen LogP contribution in [-0.4, -0.2) is 29.5 Å². The minimum absolute atomic E-state index is 0.0241. The van der Waals surface area contributed by atoms with Crippen molar-refractivity contribution < 1.29 is 9.53 Å². The van der Waals surface area contributed by atoms with E-state index in [4.69, 9.17) is 27.9 Å². The zero-order valence-electron chi connectivity index (χ0n) is 14.3. The summed E-state index contributed by atoms with van der Waals surface area (Å²) in [5.74, 6) is 0.810. The maximum atomic E-state index is 12.9. The number of hydrogen-bond donors (Lipinski definition) is 0. The molecule has 4 atom stereocenters. The van der Waals surface area contributed by atoms with E-state index in [2.05, 4.69) is 19.9 Å². The number of carbonyl (C=O) groups excluding carboxylic acids is 1. The number of hydrogen-bond acceptors (Lipinski definition) is 3. The standard InChI is InChI=1S/C19H20Cl2N2O2/c1-17-11-23(19(10-22)8-12(17)5-6-18(17,19)2)16(24)9-25-15-4-3-13(20)7-14(15)21/h3-4,7,12H,5-6,8-9,11H2,1-2H3/t12-,17+,18-,19+/m1/s1. The van der Waals surface area contributed by atoms with Crippen LogP contribution in [-0.2, 0) is 4.79 Å². The van der Waals surface area contributed by atoms with Crippen molar-refractivity contribution in [2.75, 3.05) is 13.2 Å². The van der Waals surface area contributed by atoms with Gasteiger partial charge >= 0.3 is 0 Å². The van der Waals surface area contributed by atoms with Crippen LogP contribution >= 0.6 is 23.2 Å². The van der Waals surface area contributed by atoms with E-state index >= 15 is 0 Å². The first kappa shape index (κ1) is 17.0. The summed E-state index contributed by atoms with van der Waals surface area (Å²) in [5.41, 5.74) is -0.807. The minimum atomic E-state index is -0.700. The second kappa shape index (κ2) is 5.28. The lowest BCUT2D eigenvalue weighted by Gasteiger charge is -2.43. The first-order chi connectivity index (χ1) is 11.8. The minimum Gasteiger partial charge on any atom is -0.482 e. The summed E-state index contributed by atoms with van der Waals surface area (Å²) in [6, 6.07) is 7.42. The van der Waals surface area contributed by atoms with Crippen LogP contribution in [0.25, 0.3) is 0 Å². The molecule has 6 heteroatoms. The number of carbonyl (C=O) groups is 1. The van der Waals surface area contributed by atoms with Gasteiger partial charge in [-0.2, -0.15) is 5.26 Å². The van der Waals surface area contributed by atoms with Gasteiger partial charge in [-0.15, -0.1) is 0 Å². The SMILES string of the molecule is C[C@]12CC[C@@H]3C[C@@]1(C#N)N(C(=O)COc1ccc(Cl)cc1Cl)C[C@@]32C. The van der Waals surface area contributed by atoms with Gasteiger partial charge in [-0.1, -0.05) is 37.0 Å². The Labute approximate surface area is 157 Å². The molecule has 4 bridgehead atoms. The molecule has 0 radical (unpaired) electrons. The van der Waals surface area contributed by atoms with Crippen molar-refractivity contribution in [2.45, 2.75) is 38.6 Å². The van der Waals surface area contributed by atoms with Gasteiger partial charge in [0, 0.05) is 17.0 Å². The summed E-state index contributed by atoms with van der Waals surface area (Å²) in [4.78, 5) is 14.7. The quantitative estimate of drug-likeness (QED) is 0.787. The third kappa shape index (κ3) is 1.97. The zero-order valence-corrected chi connectivity index (χ0v) is 15.8. The van der Waals surface area contributed by atoms with Gasteiger partial charge in [0.15, 0.2) is 6.61 Å². The molecule has 1 aromatic carbocycles. The average molecular weight is 379 g/mol. The van der Waals surface area contributed by atoms with E-state index in [1.165, 1.54) is 0 Å². The van der Waals surface area contributed by atoms with Crippen LogP contribution in [0.2, 0.25) is 10.0 Å². The fourth-order valence-electron chi connectivity index (χ4n) is 5.62. The van der Waals surface area contributed by atoms with E-state index in [0.717, 1.165) is 19.3 Å². The second-order valence-corrected chi connectivity index (χ2v) is 8.85. The number of halogens is 2.